The molecule has 2 rings (SSSR count). The fourth-order valence-electron chi connectivity index (χ4n) is 2.95. The maximum atomic E-state index is 12.6. The van der Waals surface area contributed by atoms with E-state index >= 15 is 0 Å². The van der Waals surface area contributed by atoms with Crippen LogP contribution in [0.25, 0.3) is 0 Å². The Labute approximate surface area is 121 Å². The smallest absolute Gasteiger partial charge is 0.243 e. The summed E-state index contributed by atoms with van der Waals surface area (Å²) in [5.74, 6) is 0.912. The van der Waals surface area contributed by atoms with Crippen LogP contribution < -0.4 is 10.5 Å². The molecular formula is C15H24N2O2S. The van der Waals surface area contributed by atoms with E-state index in [2.05, 4.69) is 18.6 Å². The maximum absolute atomic E-state index is 12.6. The van der Waals surface area contributed by atoms with Gasteiger partial charge in [0.1, 0.15) is 4.90 Å². The largest absolute Gasteiger partial charge is 0.397 e. The Kier molecular flexibility index (Phi) is 4.12. The molecule has 1 saturated carbocycles. The molecule has 3 unspecified atom stereocenters. The van der Waals surface area contributed by atoms with E-state index in [0.717, 1.165) is 18.4 Å². The third kappa shape index (κ3) is 2.69. The zero-order valence-electron chi connectivity index (χ0n) is 12.6. The molecule has 0 aromatic heterocycles. The summed E-state index contributed by atoms with van der Waals surface area (Å²) in [6.07, 6.45) is 1.96. The SMILES string of the molecule is Cc1ccc(C)c(S(=O)(=O)NC2CCC(C)C2C)c1N. The molecule has 0 aliphatic heterocycles. The molecule has 0 saturated heterocycles. The number of anilines is 1. The van der Waals surface area contributed by atoms with E-state index in [1.54, 1.807) is 13.0 Å². The van der Waals surface area contributed by atoms with Gasteiger partial charge in [-0.2, -0.15) is 0 Å². The maximum Gasteiger partial charge on any atom is 0.243 e. The highest BCUT2D eigenvalue weighted by Gasteiger charge is 2.34. The fourth-order valence-corrected chi connectivity index (χ4v) is 4.74. The second kappa shape index (κ2) is 5.37. The number of sulfonamides is 1. The van der Waals surface area contributed by atoms with Crippen LogP contribution in [-0.4, -0.2) is 14.5 Å². The summed E-state index contributed by atoms with van der Waals surface area (Å²) in [5, 5.41) is 0. The molecule has 112 valence electrons. The lowest BCUT2D eigenvalue weighted by Crippen LogP contribution is -2.38. The molecule has 20 heavy (non-hydrogen) atoms. The molecular weight excluding hydrogens is 272 g/mol. The predicted molar refractivity (Wildman–Crippen MR) is 82.0 cm³/mol. The minimum Gasteiger partial charge on any atom is -0.397 e. The van der Waals surface area contributed by atoms with Gasteiger partial charge in [0.2, 0.25) is 10.0 Å². The lowest BCUT2D eigenvalue weighted by molar-refractivity contribution is 0.402. The lowest BCUT2D eigenvalue weighted by atomic mass is 9.98. The van der Waals surface area contributed by atoms with Gasteiger partial charge in [0.15, 0.2) is 0 Å². The number of hydrogen-bond acceptors (Lipinski definition) is 3. The standard InChI is InChI=1S/C15H24N2O2S/c1-9-7-8-13(12(9)4)17-20(18,19)15-11(3)6-5-10(2)14(15)16/h5-6,9,12-13,17H,7-8,16H2,1-4H3. The van der Waals surface area contributed by atoms with E-state index in [-0.39, 0.29) is 10.9 Å². The van der Waals surface area contributed by atoms with Gasteiger partial charge in [-0.3, -0.25) is 0 Å². The normalized spacial score (nSPS) is 26.9. The Morgan fingerprint density at radius 2 is 1.75 bits per heavy atom. The average Bonchev–Trinajstić information content (AvgIpc) is 2.65. The van der Waals surface area contributed by atoms with Crippen LogP contribution in [0.1, 0.15) is 37.8 Å². The molecule has 0 spiro atoms. The quantitative estimate of drug-likeness (QED) is 0.842. The third-order valence-corrected chi connectivity index (χ3v) is 6.34. The lowest BCUT2D eigenvalue weighted by Gasteiger charge is -2.21. The molecule has 1 aliphatic rings. The van der Waals surface area contributed by atoms with Gasteiger partial charge in [0.25, 0.3) is 0 Å². The van der Waals surface area contributed by atoms with Crippen LogP contribution in [0.5, 0.6) is 0 Å². The Balaban J connectivity index is 2.35. The molecule has 4 nitrogen and oxygen atoms in total. The molecule has 0 bridgehead atoms. The van der Waals surface area contributed by atoms with Gasteiger partial charge >= 0.3 is 0 Å². The van der Waals surface area contributed by atoms with Gasteiger partial charge in [-0.1, -0.05) is 26.0 Å². The van der Waals surface area contributed by atoms with Crippen molar-refractivity contribution in [3.05, 3.63) is 23.3 Å². The van der Waals surface area contributed by atoms with Crippen LogP contribution >= 0.6 is 0 Å². The molecule has 0 heterocycles. The van der Waals surface area contributed by atoms with Gasteiger partial charge in [0.05, 0.1) is 5.69 Å². The third-order valence-electron chi connectivity index (χ3n) is 4.65. The molecule has 3 N–H and O–H groups in total. The van der Waals surface area contributed by atoms with Crippen molar-refractivity contribution in [1.29, 1.82) is 0 Å². The first kappa shape index (κ1) is 15.3. The number of nitrogens with two attached hydrogens (primary N) is 1. The summed E-state index contributed by atoms with van der Waals surface area (Å²) in [4.78, 5) is 0.240. The first-order valence-electron chi connectivity index (χ1n) is 7.12. The molecule has 0 radical (unpaired) electrons. The van der Waals surface area contributed by atoms with Crippen molar-refractivity contribution in [3.8, 4) is 0 Å². The number of hydrogen-bond donors (Lipinski definition) is 2. The van der Waals surface area contributed by atoms with Crippen LogP contribution in [0, 0.1) is 25.7 Å². The van der Waals surface area contributed by atoms with E-state index < -0.39 is 10.0 Å². The number of benzene rings is 1. The minimum absolute atomic E-state index is 0.00862. The molecule has 5 heteroatoms. The van der Waals surface area contributed by atoms with Crippen molar-refractivity contribution in [2.75, 3.05) is 5.73 Å². The first-order chi connectivity index (χ1) is 9.24. The zero-order valence-corrected chi connectivity index (χ0v) is 13.4. The summed E-state index contributed by atoms with van der Waals surface area (Å²) < 4.78 is 28.1. The zero-order chi connectivity index (χ0) is 15.1. The number of aryl methyl sites for hydroxylation is 2. The average molecular weight is 296 g/mol. The van der Waals surface area contributed by atoms with Gasteiger partial charge in [0, 0.05) is 6.04 Å². The highest BCUT2D eigenvalue weighted by atomic mass is 32.2. The van der Waals surface area contributed by atoms with Crippen molar-refractivity contribution in [2.45, 2.75) is 51.5 Å². The molecule has 1 aromatic rings. The second-order valence-corrected chi connectivity index (χ2v) is 7.73. The van der Waals surface area contributed by atoms with Crippen LogP contribution in [0.3, 0.4) is 0 Å². The Morgan fingerprint density at radius 3 is 2.30 bits per heavy atom. The van der Waals surface area contributed by atoms with Crippen molar-refractivity contribution >= 4 is 15.7 Å². The van der Waals surface area contributed by atoms with Gasteiger partial charge < -0.3 is 5.73 Å². The van der Waals surface area contributed by atoms with Crippen LogP contribution in [-0.2, 0) is 10.0 Å². The summed E-state index contributed by atoms with van der Waals surface area (Å²) in [7, 11) is -3.56. The van der Waals surface area contributed by atoms with E-state index in [9.17, 15) is 8.42 Å². The van der Waals surface area contributed by atoms with Crippen molar-refractivity contribution in [2.24, 2.45) is 11.8 Å². The van der Waals surface area contributed by atoms with E-state index in [0.29, 0.717) is 23.1 Å². The van der Waals surface area contributed by atoms with Crippen LogP contribution in [0.4, 0.5) is 5.69 Å². The summed E-state index contributed by atoms with van der Waals surface area (Å²) in [6, 6.07) is 3.67. The Hall–Kier alpha value is -1.07. The van der Waals surface area contributed by atoms with Crippen molar-refractivity contribution < 1.29 is 8.42 Å². The van der Waals surface area contributed by atoms with Gasteiger partial charge in [-0.25, -0.2) is 13.1 Å². The van der Waals surface area contributed by atoms with E-state index in [1.165, 1.54) is 0 Å². The predicted octanol–water partition coefficient (Wildman–Crippen LogP) is 2.60. The van der Waals surface area contributed by atoms with E-state index in [4.69, 9.17) is 5.73 Å². The fraction of sp³-hybridized carbons (Fsp3) is 0.600. The van der Waals surface area contributed by atoms with E-state index in [1.807, 2.05) is 13.0 Å². The second-order valence-electron chi connectivity index (χ2n) is 6.08. The molecule has 1 fully saturated rings. The summed E-state index contributed by atoms with van der Waals surface area (Å²) in [6.45, 7) is 7.89. The number of rotatable bonds is 3. The summed E-state index contributed by atoms with van der Waals surface area (Å²) in [5.41, 5.74) is 7.83. The first-order valence-corrected chi connectivity index (χ1v) is 8.60. The Morgan fingerprint density at radius 1 is 1.15 bits per heavy atom. The summed E-state index contributed by atoms with van der Waals surface area (Å²) >= 11 is 0. The number of nitrogens with one attached hydrogen (secondary N) is 1. The van der Waals surface area contributed by atoms with Crippen LogP contribution in [0.15, 0.2) is 17.0 Å². The highest BCUT2D eigenvalue weighted by Crippen LogP contribution is 2.33. The number of nitrogen functional groups attached to an aromatic ring is 1. The Bertz CT molecular complexity index is 611. The molecule has 3 atom stereocenters. The van der Waals surface area contributed by atoms with Crippen LogP contribution in [0.2, 0.25) is 0 Å². The van der Waals surface area contributed by atoms with Crippen molar-refractivity contribution in [1.82, 2.24) is 4.72 Å². The molecule has 1 aromatic carbocycles. The molecule has 1 aliphatic carbocycles. The topological polar surface area (TPSA) is 72.2 Å². The van der Waals surface area contributed by atoms with Gasteiger partial charge in [-0.05, 0) is 49.7 Å². The van der Waals surface area contributed by atoms with Crippen molar-refractivity contribution in [3.63, 3.8) is 0 Å². The molecule has 0 amide bonds. The van der Waals surface area contributed by atoms with Gasteiger partial charge in [-0.15, -0.1) is 0 Å². The monoisotopic (exact) mass is 296 g/mol. The highest BCUT2D eigenvalue weighted by molar-refractivity contribution is 7.89. The minimum atomic E-state index is -3.56.